The number of halogens is 2. The lowest BCUT2D eigenvalue weighted by Crippen LogP contribution is -1.97. The van der Waals surface area contributed by atoms with Crippen molar-refractivity contribution in [2.24, 2.45) is 0 Å². The largest absolute Gasteiger partial charge is 0.0835 e. The zero-order valence-corrected chi connectivity index (χ0v) is 12.8. The zero-order valence-electron chi connectivity index (χ0n) is 9.66. The van der Waals surface area contributed by atoms with Crippen LogP contribution >= 0.6 is 31.9 Å². The van der Waals surface area contributed by atoms with Gasteiger partial charge in [-0.1, -0.05) is 68.3 Å². The molecule has 2 aromatic carbocycles. The second-order valence-corrected chi connectivity index (χ2v) is 6.17. The smallest absolute Gasteiger partial charge is 0.0435 e. The van der Waals surface area contributed by atoms with Crippen molar-refractivity contribution >= 4 is 31.9 Å². The fourth-order valence-corrected chi connectivity index (χ4v) is 2.74. The molecule has 0 spiro atoms. The molecular formula is C15H14Br2. The lowest BCUT2D eigenvalue weighted by atomic mass is 10.0. The van der Waals surface area contributed by atoms with Crippen molar-refractivity contribution in [3.05, 3.63) is 69.7 Å². The molecule has 0 fully saturated rings. The van der Waals surface area contributed by atoms with Crippen LogP contribution in [0.2, 0.25) is 0 Å². The molecule has 0 saturated heterocycles. The van der Waals surface area contributed by atoms with E-state index in [9.17, 15) is 0 Å². The summed E-state index contributed by atoms with van der Waals surface area (Å²) in [6.07, 6.45) is 1.02. The van der Waals surface area contributed by atoms with Crippen LogP contribution in [0.1, 0.15) is 21.5 Å². The topological polar surface area (TPSA) is 0 Å². The Morgan fingerprint density at radius 1 is 1.00 bits per heavy atom. The van der Waals surface area contributed by atoms with Crippen molar-refractivity contribution in [3.63, 3.8) is 0 Å². The second kappa shape index (κ2) is 5.83. The first-order chi connectivity index (χ1) is 8.16. The number of alkyl halides is 1. The van der Waals surface area contributed by atoms with Gasteiger partial charge in [0.2, 0.25) is 0 Å². The van der Waals surface area contributed by atoms with Gasteiger partial charge in [0.25, 0.3) is 0 Å². The van der Waals surface area contributed by atoms with Crippen molar-refractivity contribution < 1.29 is 0 Å². The summed E-state index contributed by atoms with van der Waals surface area (Å²) in [5.74, 6) is 0. The Morgan fingerprint density at radius 2 is 1.65 bits per heavy atom. The van der Waals surface area contributed by atoms with Gasteiger partial charge in [-0.25, -0.2) is 0 Å². The van der Waals surface area contributed by atoms with Gasteiger partial charge < -0.3 is 0 Å². The predicted octanol–water partition coefficient (Wildman–Crippen LogP) is 5.44. The van der Waals surface area contributed by atoms with Gasteiger partial charge >= 0.3 is 0 Å². The van der Waals surface area contributed by atoms with Gasteiger partial charge in [-0.05, 0) is 42.2 Å². The van der Waals surface area contributed by atoms with Crippen LogP contribution < -0.4 is 0 Å². The van der Waals surface area contributed by atoms with E-state index in [1.165, 1.54) is 16.7 Å². The summed E-state index contributed by atoms with van der Waals surface area (Å²) in [7, 11) is 0. The molecule has 2 aromatic rings. The van der Waals surface area contributed by atoms with E-state index in [1.54, 1.807) is 0 Å². The fourth-order valence-electron chi connectivity index (χ4n) is 1.82. The molecule has 0 amide bonds. The van der Waals surface area contributed by atoms with E-state index in [4.69, 9.17) is 0 Å². The molecule has 17 heavy (non-hydrogen) atoms. The average Bonchev–Trinajstić information content (AvgIpc) is 2.33. The number of aryl methyl sites for hydroxylation is 1. The number of rotatable bonds is 3. The molecular weight excluding hydrogens is 340 g/mol. The molecule has 0 nitrogen and oxygen atoms in total. The molecule has 0 bridgehead atoms. The van der Waals surface area contributed by atoms with Crippen LogP contribution in [0.5, 0.6) is 0 Å². The molecule has 88 valence electrons. The summed E-state index contributed by atoms with van der Waals surface area (Å²) < 4.78 is 1.12. The maximum absolute atomic E-state index is 3.77. The van der Waals surface area contributed by atoms with E-state index in [0.717, 1.165) is 10.9 Å². The molecule has 0 aliphatic carbocycles. The summed E-state index contributed by atoms with van der Waals surface area (Å²) in [6, 6.07) is 17.0. The van der Waals surface area contributed by atoms with Crippen molar-refractivity contribution in [1.82, 2.24) is 0 Å². The highest BCUT2D eigenvalue weighted by molar-refractivity contribution is 9.10. The van der Waals surface area contributed by atoms with E-state index in [1.807, 2.05) is 0 Å². The van der Waals surface area contributed by atoms with Crippen LogP contribution in [-0.4, -0.2) is 0 Å². The Labute approximate surface area is 119 Å². The Balaban J connectivity index is 2.14. The Morgan fingerprint density at radius 3 is 2.29 bits per heavy atom. The molecule has 0 aromatic heterocycles. The standard InChI is InChI=1S/C15H14Br2/c1-11-4-2-3-5-13(11)10-15(17)12-6-8-14(16)9-7-12/h2-9,15H,10H2,1H3. The summed E-state index contributed by atoms with van der Waals surface area (Å²) in [4.78, 5) is 0.372. The van der Waals surface area contributed by atoms with E-state index in [0.29, 0.717) is 4.83 Å². The number of hydrogen-bond donors (Lipinski definition) is 0. The minimum absolute atomic E-state index is 0.372. The normalized spacial score (nSPS) is 12.4. The maximum Gasteiger partial charge on any atom is 0.0435 e. The van der Waals surface area contributed by atoms with E-state index < -0.39 is 0 Å². The SMILES string of the molecule is Cc1ccccc1CC(Br)c1ccc(Br)cc1. The summed E-state index contributed by atoms with van der Waals surface area (Å²) in [5.41, 5.74) is 4.07. The second-order valence-electron chi connectivity index (χ2n) is 4.15. The van der Waals surface area contributed by atoms with Crippen molar-refractivity contribution in [1.29, 1.82) is 0 Å². The molecule has 0 saturated carbocycles. The van der Waals surface area contributed by atoms with Gasteiger partial charge in [-0.2, -0.15) is 0 Å². The molecule has 2 rings (SSSR count). The van der Waals surface area contributed by atoms with Crippen molar-refractivity contribution in [2.75, 3.05) is 0 Å². The minimum atomic E-state index is 0.372. The average molecular weight is 354 g/mol. The Hall–Kier alpha value is -0.600. The van der Waals surface area contributed by atoms with Gasteiger partial charge in [-0.15, -0.1) is 0 Å². The van der Waals surface area contributed by atoms with E-state index in [2.05, 4.69) is 87.3 Å². The molecule has 2 heteroatoms. The predicted molar refractivity (Wildman–Crippen MR) is 80.7 cm³/mol. The highest BCUT2D eigenvalue weighted by Crippen LogP contribution is 2.28. The quantitative estimate of drug-likeness (QED) is 0.645. The zero-order chi connectivity index (χ0) is 12.3. The third-order valence-electron chi connectivity index (χ3n) is 2.89. The fraction of sp³-hybridized carbons (Fsp3) is 0.200. The van der Waals surface area contributed by atoms with Crippen LogP contribution in [0.4, 0.5) is 0 Å². The molecule has 1 atom stereocenters. The third-order valence-corrected chi connectivity index (χ3v) is 4.27. The number of hydrogen-bond acceptors (Lipinski definition) is 0. The first-order valence-corrected chi connectivity index (χ1v) is 7.32. The number of benzene rings is 2. The highest BCUT2D eigenvalue weighted by atomic mass is 79.9. The van der Waals surface area contributed by atoms with Gasteiger partial charge in [-0.3, -0.25) is 0 Å². The van der Waals surface area contributed by atoms with E-state index >= 15 is 0 Å². The Bertz CT molecular complexity index is 489. The molecule has 1 unspecified atom stereocenters. The molecule has 0 N–H and O–H groups in total. The first-order valence-electron chi connectivity index (χ1n) is 5.61. The molecule has 0 aliphatic rings. The summed E-state index contributed by atoms with van der Waals surface area (Å²) in [6.45, 7) is 2.16. The van der Waals surface area contributed by atoms with Gasteiger partial charge in [0.05, 0.1) is 0 Å². The summed E-state index contributed by atoms with van der Waals surface area (Å²) >= 11 is 7.22. The van der Waals surface area contributed by atoms with Crippen molar-refractivity contribution in [3.8, 4) is 0 Å². The lowest BCUT2D eigenvalue weighted by molar-refractivity contribution is 0.938. The highest BCUT2D eigenvalue weighted by Gasteiger charge is 2.09. The molecule has 0 aliphatic heterocycles. The van der Waals surface area contributed by atoms with Gasteiger partial charge in [0.1, 0.15) is 0 Å². The van der Waals surface area contributed by atoms with E-state index in [-0.39, 0.29) is 0 Å². The van der Waals surface area contributed by atoms with Crippen LogP contribution in [-0.2, 0) is 6.42 Å². The first kappa shape index (κ1) is 12.8. The van der Waals surface area contributed by atoms with Crippen LogP contribution in [0.15, 0.2) is 53.0 Å². The Kier molecular flexibility index (Phi) is 4.41. The van der Waals surface area contributed by atoms with Crippen LogP contribution in [0.25, 0.3) is 0 Å². The van der Waals surface area contributed by atoms with Gasteiger partial charge in [0.15, 0.2) is 0 Å². The minimum Gasteiger partial charge on any atom is -0.0835 e. The maximum atomic E-state index is 3.77. The summed E-state index contributed by atoms with van der Waals surface area (Å²) in [5, 5.41) is 0. The lowest BCUT2D eigenvalue weighted by Gasteiger charge is -2.12. The monoisotopic (exact) mass is 352 g/mol. The van der Waals surface area contributed by atoms with Crippen LogP contribution in [0.3, 0.4) is 0 Å². The van der Waals surface area contributed by atoms with Gasteiger partial charge in [0, 0.05) is 9.30 Å². The molecule has 0 radical (unpaired) electrons. The van der Waals surface area contributed by atoms with Crippen molar-refractivity contribution in [2.45, 2.75) is 18.2 Å². The van der Waals surface area contributed by atoms with Crippen LogP contribution in [0, 0.1) is 6.92 Å². The third kappa shape index (κ3) is 3.43. The molecule has 0 heterocycles.